The molecule has 0 aliphatic heterocycles. The van der Waals surface area contributed by atoms with E-state index < -0.39 is 0 Å². The molecule has 1 heterocycles. The van der Waals surface area contributed by atoms with Gasteiger partial charge in [0.2, 0.25) is 0 Å². The van der Waals surface area contributed by atoms with Crippen molar-refractivity contribution in [2.45, 2.75) is 5.88 Å². The first kappa shape index (κ1) is 16.0. The summed E-state index contributed by atoms with van der Waals surface area (Å²) in [5, 5.41) is 2.26. The van der Waals surface area contributed by atoms with Gasteiger partial charge in [0.05, 0.1) is 13.2 Å². The zero-order chi connectivity index (χ0) is 15.1. The van der Waals surface area contributed by atoms with Crippen LogP contribution in [0.2, 0.25) is 0 Å². The van der Waals surface area contributed by atoms with Crippen LogP contribution in [0, 0.1) is 0 Å². The Morgan fingerprint density at radius 2 is 1.67 bits per heavy atom. The van der Waals surface area contributed by atoms with Gasteiger partial charge < -0.3 is 14.4 Å². The second-order valence-corrected chi connectivity index (χ2v) is 5.03. The smallest absolute Gasteiger partial charge is 0.136 e. The van der Waals surface area contributed by atoms with Crippen molar-refractivity contribution >= 4 is 28.2 Å². The molecule has 0 saturated carbocycles. The first-order chi connectivity index (χ1) is 10.3. The zero-order valence-corrected chi connectivity index (χ0v) is 13.3. The molecule has 114 valence electrons. The van der Waals surface area contributed by atoms with E-state index in [9.17, 15) is 0 Å². The van der Waals surface area contributed by atoms with Gasteiger partial charge in [0.25, 0.3) is 0 Å². The summed E-state index contributed by atoms with van der Waals surface area (Å²) in [6.45, 7) is 2.85. The number of alkyl halides is 1. The molecular formula is C16H21ClN2O2. The average Bonchev–Trinajstić information content (AvgIpc) is 2.54. The molecule has 0 bridgehead atoms. The highest BCUT2D eigenvalue weighted by atomic mass is 35.5. The van der Waals surface area contributed by atoms with Gasteiger partial charge in [-0.25, -0.2) is 4.98 Å². The molecule has 2 aromatic rings. The number of anilines is 1. The molecule has 0 radical (unpaired) electrons. The molecule has 0 aliphatic rings. The van der Waals surface area contributed by atoms with Crippen LogP contribution in [-0.4, -0.2) is 45.5 Å². The van der Waals surface area contributed by atoms with E-state index in [1.54, 1.807) is 14.2 Å². The van der Waals surface area contributed by atoms with Crippen molar-refractivity contribution in [1.82, 2.24) is 4.98 Å². The number of methoxy groups -OCH3 is 2. The summed E-state index contributed by atoms with van der Waals surface area (Å²) >= 11 is 6.01. The van der Waals surface area contributed by atoms with Crippen LogP contribution in [0.4, 0.5) is 5.82 Å². The summed E-state index contributed by atoms with van der Waals surface area (Å²) in [4.78, 5) is 6.80. The van der Waals surface area contributed by atoms with Crippen LogP contribution in [0.15, 0.2) is 30.5 Å². The van der Waals surface area contributed by atoms with E-state index in [0.717, 1.165) is 35.2 Å². The normalized spacial score (nSPS) is 11.0. The number of pyridine rings is 1. The lowest BCUT2D eigenvalue weighted by atomic mass is 10.1. The van der Waals surface area contributed by atoms with E-state index in [1.807, 2.05) is 18.3 Å². The Bertz CT molecular complexity index is 569. The minimum absolute atomic E-state index is 0.462. The lowest BCUT2D eigenvalue weighted by Crippen LogP contribution is -2.31. The highest BCUT2D eigenvalue weighted by Crippen LogP contribution is 2.27. The summed E-state index contributed by atoms with van der Waals surface area (Å²) in [7, 11) is 3.41. The number of hydrogen-bond acceptors (Lipinski definition) is 4. The van der Waals surface area contributed by atoms with Crippen LogP contribution in [0.5, 0.6) is 0 Å². The Hall–Kier alpha value is -1.36. The number of hydrogen-bond donors (Lipinski definition) is 0. The van der Waals surface area contributed by atoms with Crippen molar-refractivity contribution in [1.29, 1.82) is 0 Å². The van der Waals surface area contributed by atoms with Gasteiger partial charge in [-0.3, -0.25) is 0 Å². The molecule has 0 fully saturated rings. The van der Waals surface area contributed by atoms with E-state index in [1.165, 1.54) is 0 Å². The molecule has 0 N–H and O–H groups in total. The molecule has 0 saturated heterocycles. The van der Waals surface area contributed by atoms with Crippen molar-refractivity contribution in [2.75, 3.05) is 45.4 Å². The summed E-state index contributed by atoms with van der Waals surface area (Å²) in [6, 6.07) is 8.22. The number of nitrogens with zero attached hydrogens (tertiary/aromatic N) is 2. The molecule has 1 aromatic heterocycles. The summed E-state index contributed by atoms with van der Waals surface area (Å²) in [6.07, 6.45) is 1.86. The zero-order valence-electron chi connectivity index (χ0n) is 12.5. The summed E-state index contributed by atoms with van der Waals surface area (Å²) in [5.41, 5.74) is 1.05. The van der Waals surface area contributed by atoms with Crippen LogP contribution >= 0.6 is 11.6 Å². The highest BCUT2D eigenvalue weighted by Gasteiger charge is 2.13. The van der Waals surface area contributed by atoms with Crippen LogP contribution in [-0.2, 0) is 15.4 Å². The predicted octanol–water partition coefficient (Wildman–Crippen LogP) is 3.07. The maximum absolute atomic E-state index is 6.01. The minimum Gasteiger partial charge on any atom is -0.383 e. The van der Waals surface area contributed by atoms with Crippen LogP contribution < -0.4 is 4.90 Å². The molecule has 0 amide bonds. The Morgan fingerprint density at radius 1 is 1.05 bits per heavy atom. The third-order valence-corrected chi connectivity index (χ3v) is 3.72. The standard InChI is InChI=1S/C16H21ClN2O2/c1-20-9-7-19(8-10-21-2)16-15-6-4-3-5-14(15)13(11-17)12-18-16/h3-6,12H,7-11H2,1-2H3. The Labute approximate surface area is 130 Å². The van der Waals surface area contributed by atoms with Crippen molar-refractivity contribution in [3.8, 4) is 0 Å². The molecule has 4 nitrogen and oxygen atoms in total. The largest absolute Gasteiger partial charge is 0.383 e. The van der Waals surface area contributed by atoms with E-state index in [2.05, 4.69) is 22.0 Å². The number of ether oxygens (including phenoxy) is 2. The molecule has 0 atom stereocenters. The summed E-state index contributed by atoms with van der Waals surface area (Å²) < 4.78 is 10.4. The third kappa shape index (κ3) is 3.84. The Balaban J connectivity index is 2.41. The predicted molar refractivity (Wildman–Crippen MR) is 87.3 cm³/mol. The number of rotatable bonds is 8. The van der Waals surface area contributed by atoms with Crippen LogP contribution in [0.25, 0.3) is 10.8 Å². The lowest BCUT2D eigenvalue weighted by Gasteiger charge is -2.25. The van der Waals surface area contributed by atoms with Gasteiger partial charge in [-0.2, -0.15) is 0 Å². The van der Waals surface area contributed by atoms with Crippen molar-refractivity contribution in [3.63, 3.8) is 0 Å². The number of fused-ring (bicyclic) bond motifs is 1. The van der Waals surface area contributed by atoms with Gasteiger partial charge in [0.1, 0.15) is 5.82 Å². The highest BCUT2D eigenvalue weighted by molar-refractivity contribution is 6.18. The molecular weight excluding hydrogens is 288 g/mol. The molecule has 0 spiro atoms. The number of aromatic nitrogens is 1. The van der Waals surface area contributed by atoms with Crippen LogP contribution in [0.3, 0.4) is 0 Å². The monoisotopic (exact) mass is 308 g/mol. The van der Waals surface area contributed by atoms with Gasteiger partial charge in [0, 0.05) is 44.8 Å². The Kier molecular flexibility index (Phi) is 6.23. The van der Waals surface area contributed by atoms with E-state index >= 15 is 0 Å². The van der Waals surface area contributed by atoms with Gasteiger partial charge in [0.15, 0.2) is 0 Å². The molecule has 0 aliphatic carbocycles. The maximum Gasteiger partial charge on any atom is 0.136 e. The quantitative estimate of drug-likeness (QED) is 0.702. The second kappa shape index (κ2) is 8.17. The molecule has 21 heavy (non-hydrogen) atoms. The van der Waals surface area contributed by atoms with Gasteiger partial charge in [-0.15, -0.1) is 11.6 Å². The third-order valence-electron chi connectivity index (χ3n) is 3.43. The van der Waals surface area contributed by atoms with Gasteiger partial charge in [-0.1, -0.05) is 24.3 Å². The van der Waals surface area contributed by atoms with Crippen molar-refractivity contribution in [3.05, 3.63) is 36.0 Å². The van der Waals surface area contributed by atoms with E-state index in [4.69, 9.17) is 21.1 Å². The van der Waals surface area contributed by atoms with Crippen molar-refractivity contribution in [2.24, 2.45) is 0 Å². The second-order valence-electron chi connectivity index (χ2n) is 4.76. The Morgan fingerprint density at radius 3 is 2.24 bits per heavy atom. The van der Waals surface area contributed by atoms with Crippen molar-refractivity contribution < 1.29 is 9.47 Å². The summed E-state index contributed by atoms with van der Waals surface area (Å²) in [5.74, 6) is 1.41. The molecule has 0 unspecified atom stereocenters. The lowest BCUT2D eigenvalue weighted by molar-refractivity contribution is 0.190. The maximum atomic E-state index is 6.01. The van der Waals surface area contributed by atoms with E-state index in [-0.39, 0.29) is 0 Å². The minimum atomic E-state index is 0.462. The SMILES string of the molecule is COCCN(CCOC)c1ncc(CCl)c2ccccc12. The molecule has 2 rings (SSSR count). The topological polar surface area (TPSA) is 34.6 Å². The fraction of sp³-hybridized carbons (Fsp3) is 0.438. The first-order valence-electron chi connectivity index (χ1n) is 6.97. The average molecular weight is 309 g/mol. The fourth-order valence-electron chi connectivity index (χ4n) is 2.32. The van der Waals surface area contributed by atoms with E-state index in [0.29, 0.717) is 19.1 Å². The number of benzene rings is 1. The molecule has 1 aromatic carbocycles. The fourth-order valence-corrected chi connectivity index (χ4v) is 2.53. The van der Waals surface area contributed by atoms with Gasteiger partial charge in [-0.05, 0) is 10.9 Å². The first-order valence-corrected chi connectivity index (χ1v) is 7.50. The van der Waals surface area contributed by atoms with Crippen LogP contribution in [0.1, 0.15) is 5.56 Å². The van der Waals surface area contributed by atoms with Gasteiger partial charge >= 0.3 is 0 Å². The molecule has 5 heteroatoms. The number of halogens is 1.